The molecule has 0 bridgehead atoms. The summed E-state index contributed by atoms with van der Waals surface area (Å²) in [6.45, 7) is 2.48. The molecular weight excluding hydrogens is 202 g/mol. The van der Waals surface area contributed by atoms with Crippen LogP contribution in [0.3, 0.4) is 0 Å². The molecule has 2 aromatic rings. The van der Waals surface area contributed by atoms with Gasteiger partial charge in [-0.3, -0.25) is 4.68 Å². The minimum Gasteiger partial charge on any atom is -0.269 e. The van der Waals surface area contributed by atoms with Gasteiger partial charge in [-0.15, -0.1) is 0 Å². The van der Waals surface area contributed by atoms with E-state index in [0.717, 1.165) is 11.4 Å². The molecule has 0 amide bonds. The average molecular weight is 212 g/mol. The minimum atomic E-state index is 0.593. The fourth-order valence-electron chi connectivity index (χ4n) is 1.32. The second-order valence-corrected chi connectivity index (χ2v) is 3.44. The Morgan fingerprint density at radius 3 is 2.79 bits per heavy atom. The van der Waals surface area contributed by atoms with Crippen molar-refractivity contribution in [1.82, 2.24) is 24.5 Å². The molecule has 0 fully saturated rings. The van der Waals surface area contributed by atoms with E-state index in [1.54, 1.807) is 15.7 Å². The van der Waals surface area contributed by atoms with E-state index in [1.165, 1.54) is 6.33 Å². The molecule has 0 radical (unpaired) electrons. The summed E-state index contributed by atoms with van der Waals surface area (Å²) in [4.78, 5) is 3.86. The van der Waals surface area contributed by atoms with E-state index in [1.807, 2.05) is 14.0 Å². The molecule has 2 aromatic heterocycles. The Morgan fingerprint density at radius 2 is 2.29 bits per heavy atom. The zero-order valence-electron chi connectivity index (χ0n) is 7.98. The van der Waals surface area contributed by atoms with Crippen molar-refractivity contribution in [2.75, 3.05) is 0 Å². The van der Waals surface area contributed by atoms with Gasteiger partial charge in [0.2, 0.25) is 0 Å². The summed E-state index contributed by atoms with van der Waals surface area (Å²) in [5, 5.41) is 8.92. The van der Waals surface area contributed by atoms with E-state index in [9.17, 15) is 0 Å². The van der Waals surface area contributed by atoms with Crippen LogP contribution in [0.1, 0.15) is 11.4 Å². The van der Waals surface area contributed by atoms with Gasteiger partial charge in [0.25, 0.3) is 0 Å². The molecule has 0 aliphatic heterocycles. The van der Waals surface area contributed by atoms with E-state index in [-0.39, 0.29) is 0 Å². The molecule has 0 aliphatic carbocycles. The Morgan fingerprint density at radius 1 is 1.50 bits per heavy atom. The van der Waals surface area contributed by atoms with Gasteiger partial charge >= 0.3 is 0 Å². The maximum Gasteiger partial charge on any atom is 0.137 e. The third-order valence-electron chi connectivity index (χ3n) is 2.04. The van der Waals surface area contributed by atoms with E-state index >= 15 is 0 Å². The summed E-state index contributed by atoms with van der Waals surface area (Å²) in [5.41, 5.74) is 1.78. The summed E-state index contributed by atoms with van der Waals surface area (Å²) < 4.78 is 3.47. The lowest BCUT2D eigenvalue weighted by molar-refractivity contribution is 0.617. The van der Waals surface area contributed by atoms with E-state index in [0.29, 0.717) is 11.6 Å². The molecule has 0 aliphatic rings. The highest BCUT2D eigenvalue weighted by Crippen LogP contribution is 2.19. The summed E-state index contributed by atoms with van der Waals surface area (Å²) in [5.74, 6) is 0. The maximum absolute atomic E-state index is 6.09. The largest absolute Gasteiger partial charge is 0.269 e. The molecule has 0 aromatic carbocycles. The third-order valence-corrected chi connectivity index (χ3v) is 2.53. The standard InChI is InChI=1S/C8H10ClN5/c1-6-8(9)7(13(2)12-6)3-14-5-10-4-11-14/h4-5H,3H2,1-2H3. The lowest BCUT2D eigenvalue weighted by Crippen LogP contribution is -2.06. The quantitative estimate of drug-likeness (QED) is 0.745. The number of aryl methyl sites for hydroxylation is 2. The Hall–Kier alpha value is -1.36. The van der Waals surface area contributed by atoms with Crippen molar-refractivity contribution in [3.8, 4) is 0 Å². The van der Waals surface area contributed by atoms with E-state index in [4.69, 9.17) is 11.6 Å². The van der Waals surface area contributed by atoms with Gasteiger partial charge in [-0.1, -0.05) is 11.6 Å². The van der Waals surface area contributed by atoms with Crippen molar-refractivity contribution < 1.29 is 0 Å². The molecule has 0 saturated heterocycles. The fourth-order valence-corrected chi connectivity index (χ4v) is 1.54. The number of nitrogens with zero attached hydrogens (tertiary/aromatic N) is 5. The van der Waals surface area contributed by atoms with Crippen LogP contribution in [0.4, 0.5) is 0 Å². The van der Waals surface area contributed by atoms with Gasteiger partial charge in [0.1, 0.15) is 12.7 Å². The van der Waals surface area contributed by atoms with Crippen LogP contribution in [0.2, 0.25) is 5.02 Å². The van der Waals surface area contributed by atoms with Crippen LogP contribution >= 0.6 is 11.6 Å². The lowest BCUT2D eigenvalue weighted by atomic mass is 10.3. The SMILES string of the molecule is Cc1nn(C)c(Cn2cncn2)c1Cl. The highest BCUT2D eigenvalue weighted by molar-refractivity contribution is 6.31. The van der Waals surface area contributed by atoms with Crippen LogP contribution < -0.4 is 0 Å². The van der Waals surface area contributed by atoms with Crippen LogP contribution in [0.15, 0.2) is 12.7 Å². The van der Waals surface area contributed by atoms with Crippen molar-refractivity contribution >= 4 is 11.6 Å². The molecule has 0 spiro atoms. The monoisotopic (exact) mass is 211 g/mol. The summed E-state index contributed by atoms with van der Waals surface area (Å²) >= 11 is 6.09. The average Bonchev–Trinajstić information content (AvgIpc) is 2.71. The second-order valence-electron chi connectivity index (χ2n) is 3.06. The molecule has 2 rings (SSSR count). The molecule has 5 nitrogen and oxygen atoms in total. The first-order chi connectivity index (χ1) is 6.68. The van der Waals surface area contributed by atoms with Gasteiger partial charge in [0.05, 0.1) is 23.0 Å². The Labute approximate surface area is 86.3 Å². The molecule has 0 unspecified atom stereocenters. The molecular formula is C8H10ClN5. The van der Waals surface area contributed by atoms with Gasteiger partial charge in [0, 0.05) is 7.05 Å². The zero-order chi connectivity index (χ0) is 10.1. The van der Waals surface area contributed by atoms with Crippen LogP contribution in [-0.2, 0) is 13.6 Å². The predicted molar refractivity (Wildman–Crippen MR) is 52.1 cm³/mol. The van der Waals surface area contributed by atoms with E-state index in [2.05, 4.69) is 15.2 Å². The predicted octanol–water partition coefficient (Wildman–Crippen LogP) is 1.02. The first kappa shape index (κ1) is 9.21. The van der Waals surface area contributed by atoms with Crippen molar-refractivity contribution in [2.24, 2.45) is 7.05 Å². The number of halogens is 1. The van der Waals surface area contributed by atoms with Gasteiger partial charge in [0.15, 0.2) is 0 Å². The van der Waals surface area contributed by atoms with Gasteiger partial charge < -0.3 is 0 Å². The van der Waals surface area contributed by atoms with Crippen LogP contribution in [0, 0.1) is 6.92 Å². The topological polar surface area (TPSA) is 48.5 Å². The molecule has 6 heteroatoms. The maximum atomic E-state index is 6.09. The first-order valence-electron chi connectivity index (χ1n) is 4.19. The van der Waals surface area contributed by atoms with Crippen molar-refractivity contribution in [1.29, 1.82) is 0 Å². The normalized spacial score (nSPS) is 10.8. The van der Waals surface area contributed by atoms with Crippen LogP contribution in [0.5, 0.6) is 0 Å². The van der Waals surface area contributed by atoms with Crippen LogP contribution in [-0.4, -0.2) is 24.5 Å². The van der Waals surface area contributed by atoms with Crippen molar-refractivity contribution in [3.63, 3.8) is 0 Å². The summed E-state index contributed by atoms with van der Waals surface area (Å²) in [7, 11) is 1.87. The first-order valence-corrected chi connectivity index (χ1v) is 4.56. The summed E-state index contributed by atoms with van der Waals surface area (Å²) in [6, 6.07) is 0. The third kappa shape index (κ3) is 1.50. The number of hydrogen-bond donors (Lipinski definition) is 0. The smallest absolute Gasteiger partial charge is 0.137 e. The van der Waals surface area contributed by atoms with Crippen LogP contribution in [0.25, 0.3) is 0 Å². The second kappa shape index (κ2) is 3.42. The molecule has 0 saturated carbocycles. The van der Waals surface area contributed by atoms with Gasteiger partial charge in [-0.05, 0) is 6.92 Å². The highest BCUT2D eigenvalue weighted by atomic mass is 35.5. The van der Waals surface area contributed by atoms with E-state index < -0.39 is 0 Å². The highest BCUT2D eigenvalue weighted by Gasteiger charge is 2.11. The van der Waals surface area contributed by atoms with Gasteiger partial charge in [-0.2, -0.15) is 10.2 Å². The Balaban J connectivity index is 2.33. The Bertz CT molecular complexity index is 431. The number of rotatable bonds is 2. The number of aromatic nitrogens is 5. The Kier molecular flexibility index (Phi) is 2.25. The molecule has 14 heavy (non-hydrogen) atoms. The fraction of sp³-hybridized carbons (Fsp3) is 0.375. The zero-order valence-corrected chi connectivity index (χ0v) is 8.73. The van der Waals surface area contributed by atoms with Gasteiger partial charge in [-0.25, -0.2) is 9.67 Å². The molecule has 74 valence electrons. The summed E-state index contributed by atoms with van der Waals surface area (Å²) in [6.07, 6.45) is 3.15. The number of hydrogen-bond acceptors (Lipinski definition) is 3. The molecule has 2 heterocycles. The molecule has 0 N–H and O–H groups in total. The van der Waals surface area contributed by atoms with Crippen molar-refractivity contribution in [3.05, 3.63) is 29.1 Å². The minimum absolute atomic E-state index is 0.593. The lowest BCUT2D eigenvalue weighted by Gasteiger charge is -2.01. The van der Waals surface area contributed by atoms with Crippen molar-refractivity contribution in [2.45, 2.75) is 13.5 Å². The molecule has 0 atom stereocenters.